The number of halogens is 3. The van der Waals surface area contributed by atoms with E-state index in [9.17, 15) is 18.0 Å². The lowest BCUT2D eigenvalue weighted by molar-refractivity contribution is -0.131. The van der Waals surface area contributed by atoms with Gasteiger partial charge in [-0.1, -0.05) is 6.07 Å². The van der Waals surface area contributed by atoms with Crippen molar-refractivity contribution in [1.82, 2.24) is 19.5 Å². The van der Waals surface area contributed by atoms with Gasteiger partial charge in [-0.3, -0.25) is 4.79 Å². The van der Waals surface area contributed by atoms with E-state index in [1.165, 1.54) is 17.7 Å². The van der Waals surface area contributed by atoms with Crippen molar-refractivity contribution in [3.8, 4) is 17.0 Å². The second-order valence-electron chi connectivity index (χ2n) is 7.89. The van der Waals surface area contributed by atoms with Gasteiger partial charge in [0.25, 0.3) is 6.43 Å². The van der Waals surface area contributed by atoms with Crippen LogP contribution in [0.4, 0.5) is 30.5 Å². The van der Waals surface area contributed by atoms with E-state index < -0.39 is 37.9 Å². The van der Waals surface area contributed by atoms with Gasteiger partial charge >= 0.3 is 0 Å². The maximum atomic E-state index is 14.9. The van der Waals surface area contributed by atoms with Crippen LogP contribution < -0.4 is 15.4 Å². The Morgan fingerprint density at radius 1 is 1.43 bits per heavy atom. The van der Waals surface area contributed by atoms with Crippen molar-refractivity contribution < 1.29 is 26.8 Å². The van der Waals surface area contributed by atoms with Gasteiger partial charge < -0.3 is 20.3 Å². The molecular weight excluding hydrogens is 465 g/mol. The molecule has 0 spiro atoms. The van der Waals surface area contributed by atoms with Gasteiger partial charge in [-0.2, -0.15) is 10.1 Å². The van der Waals surface area contributed by atoms with Gasteiger partial charge in [-0.15, -0.1) is 5.10 Å². The van der Waals surface area contributed by atoms with Gasteiger partial charge in [-0.05, 0) is 30.2 Å². The molecule has 1 saturated heterocycles. The number of nitrogens with zero attached hydrogens (tertiary/aromatic N) is 5. The van der Waals surface area contributed by atoms with Crippen LogP contribution in [0, 0.1) is 5.53 Å². The Balaban J connectivity index is 1.59. The zero-order valence-electron chi connectivity index (χ0n) is 21.6. The number of alkyl halides is 3. The van der Waals surface area contributed by atoms with Crippen LogP contribution in [0.5, 0.6) is 5.88 Å². The minimum Gasteiger partial charge on any atom is -0.479 e. The summed E-state index contributed by atoms with van der Waals surface area (Å²) < 4.78 is 69.0. The maximum absolute atomic E-state index is 14.9. The SMILES string of the molecule is [2H]C([2H])([2H])C(=O)N1CC[C@H](Nc2nc(OC)c3c(-c4ccc(N=N)c(NCC(F)F)c4)ccn3n2)[C@H](F)C1. The number of aromatic nitrogens is 3. The van der Waals surface area contributed by atoms with Gasteiger partial charge in [-0.25, -0.2) is 23.2 Å². The highest BCUT2D eigenvalue weighted by Gasteiger charge is 2.31. The van der Waals surface area contributed by atoms with Crippen LogP contribution in [-0.4, -0.2) is 70.8 Å². The van der Waals surface area contributed by atoms with E-state index in [1.54, 1.807) is 24.4 Å². The number of carbonyl (C=O) groups excluding carboxylic acids is 1. The van der Waals surface area contributed by atoms with E-state index >= 15 is 0 Å². The highest BCUT2D eigenvalue weighted by molar-refractivity contribution is 5.87. The maximum Gasteiger partial charge on any atom is 0.255 e. The van der Waals surface area contributed by atoms with Crippen LogP contribution >= 0.6 is 0 Å². The van der Waals surface area contributed by atoms with Crippen molar-refractivity contribution in [2.45, 2.75) is 31.9 Å². The first kappa shape index (κ1) is 20.5. The predicted molar refractivity (Wildman–Crippen MR) is 123 cm³/mol. The molecule has 13 heteroatoms. The van der Waals surface area contributed by atoms with Crippen molar-refractivity contribution in [3.05, 3.63) is 30.5 Å². The Hall–Kier alpha value is -3.90. The summed E-state index contributed by atoms with van der Waals surface area (Å²) >= 11 is 0. The van der Waals surface area contributed by atoms with Crippen molar-refractivity contribution in [2.75, 3.05) is 37.4 Å². The number of benzene rings is 1. The molecule has 4 rings (SSSR count). The van der Waals surface area contributed by atoms with Gasteiger partial charge in [0.2, 0.25) is 17.7 Å². The van der Waals surface area contributed by atoms with Gasteiger partial charge in [0.15, 0.2) is 0 Å². The standard InChI is InChI=1S/C22H25F3N8O2/c1-12(34)32-7-6-16(15(23)11-32)28-22-29-21(35-2)20-14(5-8-33(20)31-22)13-3-4-17(30-26)18(9-13)27-10-19(24)25/h3-5,8-9,15-16,19,26-27H,6-7,10-11H2,1-2H3,(H,28,31)/t15-,16+/m1/s1/i1D3. The molecule has 0 radical (unpaired) electrons. The van der Waals surface area contributed by atoms with Crippen LogP contribution in [0.3, 0.4) is 0 Å². The number of likely N-dealkylation sites (tertiary alicyclic amines) is 1. The summed E-state index contributed by atoms with van der Waals surface area (Å²) in [7, 11) is 1.40. The Morgan fingerprint density at radius 2 is 2.26 bits per heavy atom. The molecule has 2 atom stereocenters. The quantitative estimate of drug-likeness (QED) is 0.406. The van der Waals surface area contributed by atoms with E-state index in [0.717, 1.165) is 4.90 Å². The fraction of sp³-hybridized carbons (Fsp3) is 0.409. The molecule has 1 fully saturated rings. The minimum absolute atomic E-state index is 0.0578. The van der Waals surface area contributed by atoms with Crippen molar-refractivity contribution in [1.29, 1.82) is 5.53 Å². The molecule has 35 heavy (non-hydrogen) atoms. The Morgan fingerprint density at radius 3 is 2.94 bits per heavy atom. The molecule has 3 heterocycles. The number of carbonyl (C=O) groups is 1. The monoisotopic (exact) mass is 493 g/mol. The number of piperidine rings is 1. The summed E-state index contributed by atoms with van der Waals surface area (Å²) in [5, 5.41) is 13.2. The smallest absolute Gasteiger partial charge is 0.255 e. The second kappa shape index (κ2) is 10.2. The average molecular weight is 494 g/mol. The number of hydrogen-bond acceptors (Lipinski definition) is 8. The summed E-state index contributed by atoms with van der Waals surface area (Å²) in [6, 6.07) is 5.73. The third-order valence-electron chi connectivity index (χ3n) is 5.69. The number of fused-ring (bicyclic) bond motifs is 1. The molecule has 3 aromatic rings. The molecular formula is C22H25F3N8O2. The van der Waals surface area contributed by atoms with E-state index in [2.05, 4.69) is 25.8 Å². The highest BCUT2D eigenvalue weighted by Crippen LogP contribution is 2.36. The first-order chi connectivity index (χ1) is 18.0. The lowest BCUT2D eigenvalue weighted by Crippen LogP contribution is -2.49. The van der Waals surface area contributed by atoms with Crippen molar-refractivity contribution in [2.24, 2.45) is 5.11 Å². The van der Waals surface area contributed by atoms with Crippen LogP contribution in [0.15, 0.2) is 35.6 Å². The first-order valence-corrected chi connectivity index (χ1v) is 10.7. The Labute approximate surface area is 203 Å². The van der Waals surface area contributed by atoms with E-state index in [0.29, 0.717) is 16.6 Å². The van der Waals surface area contributed by atoms with Crippen LogP contribution in [0.1, 0.15) is 17.4 Å². The molecule has 10 nitrogen and oxygen atoms in total. The van der Waals surface area contributed by atoms with Crippen LogP contribution in [-0.2, 0) is 4.79 Å². The number of ether oxygens (including phenoxy) is 1. The second-order valence-corrected chi connectivity index (χ2v) is 7.89. The van der Waals surface area contributed by atoms with Gasteiger partial charge in [0.1, 0.15) is 17.4 Å². The highest BCUT2D eigenvalue weighted by atomic mass is 19.3. The zero-order valence-corrected chi connectivity index (χ0v) is 18.6. The number of amides is 1. The molecule has 0 unspecified atom stereocenters. The lowest BCUT2D eigenvalue weighted by atomic mass is 10.0. The van der Waals surface area contributed by atoms with E-state index in [1.807, 2.05) is 0 Å². The third kappa shape index (κ3) is 5.12. The van der Waals surface area contributed by atoms with Crippen molar-refractivity contribution >= 4 is 28.7 Å². The van der Waals surface area contributed by atoms with Gasteiger partial charge in [0, 0.05) is 29.3 Å². The fourth-order valence-corrected chi connectivity index (χ4v) is 3.98. The zero-order chi connectivity index (χ0) is 27.6. The molecule has 0 aliphatic carbocycles. The average Bonchev–Trinajstić information content (AvgIpc) is 3.31. The molecule has 186 valence electrons. The normalized spacial score (nSPS) is 19.7. The predicted octanol–water partition coefficient (Wildman–Crippen LogP) is 4.12. The van der Waals surface area contributed by atoms with Crippen molar-refractivity contribution in [3.63, 3.8) is 0 Å². The summed E-state index contributed by atoms with van der Waals surface area (Å²) in [5.41, 5.74) is 9.42. The summed E-state index contributed by atoms with van der Waals surface area (Å²) in [4.78, 5) is 17.3. The summed E-state index contributed by atoms with van der Waals surface area (Å²) in [5.74, 6) is -0.874. The van der Waals surface area contributed by atoms with Crippen LogP contribution in [0.25, 0.3) is 16.6 Å². The molecule has 3 N–H and O–H groups in total. The number of anilines is 2. The number of hydrogen-bond donors (Lipinski definition) is 3. The summed E-state index contributed by atoms with van der Waals surface area (Å²) in [6.45, 7) is -3.75. The Bertz CT molecular complexity index is 1340. The lowest BCUT2D eigenvalue weighted by Gasteiger charge is -2.34. The molecule has 2 aromatic heterocycles. The topological polar surface area (TPSA) is 120 Å². The number of nitrogens with one attached hydrogen (secondary N) is 3. The first-order valence-electron chi connectivity index (χ1n) is 12.2. The van der Waals surface area contributed by atoms with Crippen LogP contribution in [0.2, 0.25) is 0 Å². The molecule has 0 bridgehead atoms. The third-order valence-corrected chi connectivity index (χ3v) is 5.69. The van der Waals surface area contributed by atoms with E-state index in [4.69, 9.17) is 14.4 Å². The Kier molecular flexibility index (Phi) is 5.94. The minimum atomic E-state index is -2.83. The van der Waals surface area contributed by atoms with E-state index in [-0.39, 0.29) is 42.7 Å². The molecule has 1 aliphatic heterocycles. The largest absolute Gasteiger partial charge is 0.479 e. The van der Waals surface area contributed by atoms with Gasteiger partial charge in [0.05, 0.1) is 31.9 Å². The molecule has 1 amide bonds. The fourth-order valence-electron chi connectivity index (χ4n) is 3.98. The molecule has 0 saturated carbocycles. The number of rotatable bonds is 8. The number of methoxy groups -OCH3 is 1. The summed E-state index contributed by atoms with van der Waals surface area (Å²) in [6.07, 6.45) is -2.38. The molecule has 1 aliphatic rings. The molecule has 1 aromatic carbocycles.